The van der Waals surface area contributed by atoms with Crippen molar-refractivity contribution in [2.45, 2.75) is 0 Å². The van der Waals surface area contributed by atoms with E-state index in [9.17, 15) is 0 Å². The minimum absolute atomic E-state index is 0.653. The first-order chi connectivity index (χ1) is 10.3. The molecule has 102 valence electrons. The van der Waals surface area contributed by atoms with E-state index < -0.39 is 0 Å². The Kier molecular flexibility index (Phi) is 2.75. The molecule has 0 aliphatic rings. The molecule has 0 atom stereocenters. The van der Waals surface area contributed by atoms with Gasteiger partial charge in [0.05, 0.1) is 22.4 Å². The van der Waals surface area contributed by atoms with Crippen molar-refractivity contribution in [2.24, 2.45) is 0 Å². The van der Waals surface area contributed by atoms with Gasteiger partial charge in [0.25, 0.3) is 0 Å². The molecule has 21 heavy (non-hydrogen) atoms. The van der Waals surface area contributed by atoms with E-state index in [1.54, 1.807) is 12.5 Å². The van der Waals surface area contributed by atoms with Crippen LogP contribution < -0.4 is 0 Å². The molecule has 0 aliphatic carbocycles. The van der Waals surface area contributed by atoms with E-state index in [2.05, 4.69) is 15.0 Å². The third-order valence-corrected chi connectivity index (χ3v) is 3.71. The molecule has 0 spiro atoms. The van der Waals surface area contributed by atoms with Gasteiger partial charge < -0.3 is 9.55 Å². The normalized spacial score (nSPS) is 11.1. The number of rotatable bonds is 2. The average Bonchev–Trinajstić information content (AvgIpc) is 3.16. The van der Waals surface area contributed by atoms with Gasteiger partial charge in [0.1, 0.15) is 5.82 Å². The first-order valence-corrected chi connectivity index (χ1v) is 6.92. The van der Waals surface area contributed by atoms with Gasteiger partial charge in [0, 0.05) is 23.6 Å². The lowest BCUT2D eigenvalue weighted by Gasteiger charge is -2.05. The van der Waals surface area contributed by atoms with Gasteiger partial charge in [0.15, 0.2) is 0 Å². The van der Waals surface area contributed by atoms with E-state index >= 15 is 0 Å². The Bertz CT molecular complexity index is 876. The fraction of sp³-hybridized carbons (Fsp3) is 0. The van der Waals surface area contributed by atoms with Crippen LogP contribution in [0.25, 0.3) is 28.1 Å². The zero-order valence-electron chi connectivity index (χ0n) is 11.0. The number of halogens is 1. The van der Waals surface area contributed by atoms with Gasteiger partial charge in [-0.1, -0.05) is 23.7 Å². The lowest BCUT2D eigenvalue weighted by atomic mass is 10.2. The maximum atomic E-state index is 6.41. The number of nitrogens with zero attached hydrogens (tertiary/aromatic N) is 3. The molecule has 1 N–H and O–H groups in total. The molecule has 2 heterocycles. The summed E-state index contributed by atoms with van der Waals surface area (Å²) in [5.74, 6) is 0.776. The summed E-state index contributed by atoms with van der Waals surface area (Å²) in [7, 11) is 0. The summed E-state index contributed by atoms with van der Waals surface area (Å²) in [4.78, 5) is 11.9. The topological polar surface area (TPSA) is 46.5 Å². The van der Waals surface area contributed by atoms with Gasteiger partial charge in [-0.2, -0.15) is 0 Å². The largest absolute Gasteiger partial charge is 0.338 e. The summed E-state index contributed by atoms with van der Waals surface area (Å²) >= 11 is 6.41. The van der Waals surface area contributed by atoms with Crippen molar-refractivity contribution in [1.82, 2.24) is 19.5 Å². The van der Waals surface area contributed by atoms with Gasteiger partial charge in [-0.15, -0.1) is 0 Å². The van der Waals surface area contributed by atoms with Crippen molar-refractivity contribution >= 4 is 22.6 Å². The van der Waals surface area contributed by atoms with Gasteiger partial charge in [0.2, 0.25) is 0 Å². The molecule has 4 nitrogen and oxygen atoms in total. The molecule has 0 aliphatic heterocycles. The van der Waals surface area contributed by atoms with E-state index in [-0.39, 0.29) is 0 Å². The van der Waals surface area contributed by atoms with Crippen LogP contribution >= 0.6 is 11.6 Å². The average molecular weight is 295 g/mol. The molecule has 5 heteroatoms. The molecule has 0 radical (unpaired) electrons. The van der Waals surface area contributed by atoms with Crippen LogP contribution in [0.4, 0.5) is 0 Å². The minimum atomic E-state index is 0.653. The highest BCUT2D eigenvalue weighted by atomic mass is 35.5. The molecule has 0 unspecified atom stereocenters. The number of aromatic nitrogens is 4. The Morgan fingerprint density at radius 1 is 1.10 bits per heavy atom. The molecule has 4 rings (SSSR count). The zero-order chi connectivity index (χ0) is 14.2. The molecule has 0 amide bonds. The highest BCUT2D eigenvalue weighted by Crippen LogP contribution is 2.29. The van der Waals surface area contributed by atoms with Crippen LogP contribution in [0.5, 0.6) is 0 Å². The minimum Gasteiger partial charge on any atom is -0.338 e. The molecule has 2 aromatic heterocycles. The molecule has 0 saturated carbocycles. The van der Waals surface area contributed by atoms with Gasteiger partial charge >= 0.3 is 0 Å². The number of fused-ring (bicyclic) bond motifs is 1. The van der Waals surface area contributed by atoms with Gasteiger partial charge in [-0.05, 0) is 30.3 Å². The number of nitrogens with one attached hydrogen (secondary N) is 1. The second-order valence-electron chi connectivity index (χ2n) is 4.74. The summed E-state index contributed by atoms with van der Waals surface area (Å²) in [5.41, 5.74) is 3.79. The highest BCUT2D eigenvalue weighted by molar-refractivity contribution is 6.33. The Morgan fingerprint density at radius 2 is 2.00 bits per heavy atom. The van der Waals surface area contributed by atoms with Crippen molar-refractivity contribution in [3.63, 3.8) is 0 Å². The van der Waals surface area contributed by atoms with Crippen molar-refractivity contribution in [3.8, 4) is 17.1 Å². The first kappa shape index (κ1) is 12.2. The van der Waals surface area contributed by atoms with E-state index in [1.807, 2.05) is 53.2 Å². The number of H-pyrrole nitrogens is 1. The van der Waals surface area contributed by atoms with E-state index in [1.165, 1.54) is 0 Å². The number of imidazole rings is 2. The second-order valence-corrected chi connectivity index (χ2v) is 5.14. The summed E-state index contributed by atoms with van der Waals surface area (Å²) < 4.78 is 1.91. The molecule has 0 fully saturated rings. The van der Waals surface area contributed by atoms with E-state index in [0.29, 0.717) is 5.02 Å². The monoisotopic (exact) mass is 294 g/mol. The van der Waals surface area contributed by atoms with Gasteiger partial charge in [-0.25, -0.2) is 9.97 Å². The number of benzene rings is 2. The van der Waals surface area contributed by atoms with E-state index in [0.717, 1.165) is 28.1 Å². The number of hydrogen-bond acceptors (Lipinski definition) is 2. The Labute approximate surface area is 126 Å². The Morgan fingerprint density at radius 3 is 2.76 bits per heavy atom. The molecule has 2 aromatic carbocycles. The lowest BCUT2D eigenvalue weighted by Crippen LogP contribution is -1.91. The van der Waals surface area contributed by atoms with Crippen LogP contribution in [0.3, 0.4) is 0 Å². The number of hydrogen-bond donors (Lipinski definition) is 1. The molecule has 4 aromatic rings. The molecule has 0 bridgehead atoms. The first-order valence-electron chi connectivity index (χ1n) is 6.54. The van der Waals surface area contributed by atoms with Crippen molar-refractivity contribution in [2.75, 3.05) is 0 Å². The van der Waals surface area contributed by atoms with Crippen LogP contribution in [-0.4, -0.2) is 19.5 Å². The van der Waals surface area contributed by atoms with Crippen molar-refractivity contribution in [3.05, 3.63) is 66.2 Å². The highest BCUT2D eigenvalue weighted by Gasteiger charge is 2.10. The van der Waals surface area contributed by atoms with Crippen LogP contribution in [0, 0.1) is 0 Å². The quantitative estimate of drug-likeness (QED) is 0.606. The predicted molar refractivity (Wildman–Crippen MR) is 83.7 cm³/mol. The third kappa shape index (κ3) is 2.10. The fourth-order valence-electron chi connectivity index (χ4n) is 2.35. The van der Waals surface area contributed by atoms with Crippen LogP contribution in [-0.2, 0) is 0 Å². The summed E-state index contributed by atoms with van der Waals surface area (Å²) in [6, 6.07) is 13.8. The molecular formula is C16H11ClN4. The zero-order valence-corrected chi connectivity index (χ0v) is 11.7. The Balaban J connectivity index is 1.81. The summed E-state index contributed by atoms with van der Waals surface area (Å²) in [6.07, 6.45) is 5.36. The summed E-state index contributed by atoms with van der Waals surface area (Å²) in [5, 5.41) is 0.653. The third-order valence-electron chi connectivity index (χ3n) is 3.40. The predicted octanol–water partition coefficient (Wildman–Crippen LogP) is 4.07. The maximum Gasteiger partial charge on any atom is 0.139 e. The number of aromatic amines is 1. The van der Waals surface area contributed by atoms with Crippen LogP contribution in [0.2, 0.25) is 5.02 Å². The molecule has 0 saturated heterocycles. The van der Waals surface area contributed by atoms with Gasteiger partial charge in [-0.3, -0.25) is 0 Å². The van der Waals surface area contributed by atoms with Crippen LogP contribution in [0.15, 0.2) is 61.2 Å². The van der Waals surface area contributed by atoms with E-state index in [4.69, 9.17) is 11.6 Å². The number of para-hydroxylation sites is 2. The standard InChI is InChI=1S/C16H11ClN4/c17-13-9-11(21-8-7-18-10-21)5-6-12(13)16-19-14-3-1-2-4-15(14)20-16/h1-10H,(H,19,20). The van der Waals surface area contributed by atoms with Crippen molar-refractivity contribution in [1.29, 1.82) is 0 Å². The van der Waals surface area contributed by atoms with Crippen molar-refractivity contribution < 1.29 is 0 Å². The Hall–Kier alpha value is -2.59. The summed E-state index contributed by atoms with van der Waals surface area (Å²) in [6.45, 7) is 0. The lowest BCUT2D eigenvalue weighted by molar-refractivity contribution is 1.06. The smallest absolute Gasteiger partial charge is 0.139 e. The molecular weight excluding hydrogens is 284 g/mol. The maximum absolute atomic E-state index is 6.41. The van der Waals surface area contributed by atoms with Crippen LogP contribution in [0.1, 0.15) is 0 Å². The second kappa shape index (κ2) is 4.75. The SMILES string of the molecule is Clc1cc(-n2ccnc2)ccc1-c1nc2ccccc2[nH]1. The fourth-order valence-corrected chi connectivity index (χ4v) is 2.61.